The number of aromatic nitrogens is 1. The number of hydrogen-bond donors (Lipinski definition) is 2. The number of thiophene rings is 3. The fourth-order valence-electron chi connectivity index (χ4n) is 4.98. The first-order chi connectivity index (χ1) is 22.6. The predicted molar refractivity (Wildman–Crippen MR) is 192 cm³/mol. The maximum atomic E-state index is 12.1. The van der Waals surface area contributed by atoms with E-state index in [-0.39, 0.29) is 6.04 Å². The Labute approximate surface area is 285 Å². The Morgan fingerprint density at radius 3 is 2.65 bits per heavy atom. The van der Waals surface area contributed by atoms with E-state index in [9.17, 15) is 4.79 Å². The van der Waals surface area contributed by atoms with Gasteiger partial charge in [0, 0.05) is 52.5 Å². The highest BCUT2D eigenvalue weighted by atomic mass is 35.5. The maximum Gasteiger partial charge on any atom is 0.407 e. The van der Waals surface area contributed by atoms with Crippen LogP contribution in [0, 0.1) is 0 Å². The summed E-state index contributed by atoms with van der Waals surface area (Å²) >= 11 is 11.1. The van der Waals surface area contributed by atoms with Crippen molar-refractivity contribution >= 4 is 98.3 Å². The molecule has 1 fully saturated rings. The Hall–Kier alpha value is -2.71. The van der Waals surface area contributed by atoms with Gasteiger partial charge in [-0.2, -0.15) is 0 Å². The molecule has 1 atom stereocenters. The minimum Gasteiger partial charge on any atom is -0.448 e. The van der Waals surface area contributed by atoms with Gasteiger partial charge in [-0.05, 0) is 43.2 Å². The number of likely N-dealkylation sites (N-methyl/N-ethyl adjacent to an activating group) is 1. The maximum absolute atomic E-state index is 12.1. The van der Waals surface area contributed by atoms with Crippen LogP contribution in [0.5, 0.6) is 0 Å². The van der Waals surface area contributed by atoms with Crippen LogP contribution in [-0.2, 0) is 14.2 Å². The number of hydrogen-bond acceptors (Lipinski definition) is 11. The molecule has 4 aromatic heterocycles. The average Bonchev–Trinajstić information content (AvgIpc) is 3.34. The summed E-state index contributed by atoms with van der Waals surface area (Å²) < 4.78 is 27.7. The molecule has 13 heteroatoms. The molecule has 9 nitrogen and oxygen atoms in total. The van der Waals surface area contributed by atoms with Crippen molar-refractivity contribution in [1.82, 2.24) is 15.6 Å². The van der Waals surface area contributed by atoms with Crippen molar-refractivity contribution in [3.63, 3.8) is 0 Å². The molecule has 1 aliphatic rings. The third-order valence-electron chi connectivity index (χ3n) is 7.55. The monoisotopic (exact) mass is 702 g/mol. The van der Waals surface area contributed by atoms with Crippen molar-refractivity contribution in [3.05, 3.63) is 47.2 Å². The Morgan fingerprint density at radius 2 is 1.83 bits per heavy atom. The Bertz CT molecular complexity index is 1720. The van der Waals surface area contributed by atoms with Crippen LogP contribution < -0.4 is 15.5 Å². The lowest BCUT2D eigenvalue weighted by Gasteiger charge is -2.16. The molecule has 2 N–H and O–H groups in total. The zero-order valence-electron chi connectivity index (χ0n) is 25.8. The number of oxazole rings is 1. The van der Waals surface area contributed by atoms with E-state index < -0.39 is 6.09 Å². The van der Waals surface area contributed by atoms with Crippen molar-refractivity contribution in [2.75, 3.05) is 70.5 Å². The quantitative estimate of drug-likeness (QED) is 0.0510. The van der Waals surface area contributed by atoms with Gasteiger partial charge in [-0.25, -0.2) is 9.78 Å². The number of fused-ring (bicyclic) bond motifs is 4. The molecular formula is C33H39ClN4O5S3. The molecular weight excluding hydrogens is 664 g/mol. The minimum atomic E-state index is -0.433. The molecule has 5 aromatic rings. The first-order valence-electron chi connectivity index (χ1n) is 15.7. The van der Waals surface area contributed by atoms with Gasteiger partial charge in [-0.15, -0.1) is 45.6 Å². The number of unbranched alkanes of at least 4 members (excludes halogenated alkanes) is 3. The highest BCUT2D eigenvalue weighted by Crippen LogP contribution is 2.46. The van der Waals surface area contributed by atoms with E-state index in [4.69, 9.17) is 35.2 Å². The lowest BCUT2D eigenvalue weighted by molar-refractivity contribution is 0.0469. The topological polar surface area (TPSA) is 108 Å². The number of alkyl carbamates (subject to hydrolysis) is 1. The van der Waals surface area contributed by atoms with Crippen molar-refractivity contribution in [1.29, 1.82) is 0 Å². The predicted octanol–water partition coefficient (Wildman–Crippen LogP) is 7.83. The van der Waals surface area contributed by atoms with E-state index in [0.717, 1.165) is 66.4 Å². The smallest absolute Gasteiger partial charge is 0.407 e. The van der Waals surface area contributed by atoms with E-state index in [1.807, 2.05) is 42.6 Å². The van der Waals surface area contributed by atoms with Crippen LogP contribution in [0.1, 0.15) is 36.5 Å². The number of rotatable bonds is 19. The number of alkyl halides is 1. The zero-order chi connectivity index (χ0) is 31.7. The van der Waals surface area contributed by atoms with Gasteiger partial charge in [0.1, 0.15) is 12.1 Å². The summed E-state index contributed by atoms with van der Waals surface area (Å²) in [5.74, 6) is 1.41. The van der Waals surface area contributed by atoms with Gasteiger partial charge in [0.2, 0.25) is 5.89 Å². The molecule has 0 radical (unpaired) electrons. The number of para-hydroxylation sites is 2. The summed E-state index contributed by atoms with van der Waals surface area (Å²) in [6.07, 6.45) is 6.19. The van der Waals surface area contributed by atoms with Crippen LogP contribution in [-0.4, -0.2) is 82.7 Å². The van der Waals surface area contributed by atoms with Gasteiger partial charge in [-0.3, -0.25) is 0 Å². The SMILES string of the molecule is CN(CCOC(=O)NCCOCCOCCCCCCCl)c1cc2sc3cc(/C=C(/c4nc5ccccc5o4)C4CN4)sc3c2s1. The minimum absolute atomic E-state index is 0.268. The number of carbonyl (C=O) groups is 1. The zero-order valence-corrected chi connectivity index (χ0v) is 29.1. The number of halogens is 1. The van der Waals surface area contributed by atoms with Crippen LogP contribution in [0.25, 0.3) is 41.5 Å². The molecule has 1 unspecified atom stereocenters. The van der Waals surface area contributed by atoms with Crippen LogP contribution in [0.3, 0.4) is 0 Å². The van der Waals surface area contributed by atoms with Crippen molar-refractivity contribution in [2.45, 2.75) is 31.7 Å². The molecule has 1 aromatic carbocycles. The summed E-state index contributed by atoms with van der Waals surface area (Å²) in [5.41, 5.74) is 2.78. The summed E-state index contributed by atoms with van der Waals surface area (Å²) in [6, 6.07) is 12.7. The molecule has 246 valence electrons. The Balaban J connectivity index is 0.936. The van der Waals surface area contributed by atoms with Crippen molar-refractivity contribution in [2.24, 2.45) is 0 Å². The van der Waals surface area contributed by atoms with Gasteiger partial charge in [0.25, 0.3) is 0 Å². The Kier molecular flexibility index (Phi) is 11.8. The molecule has 0 bridgehead atoms. The van der Waals surface area contributed by atoms with Crippen LogP contribution >= 0.6 is 45.6 Å². The number of anilines is 1. The van der Waals surface area contributed by atoms with Crippen LogP contribution in [0.4, 0.5) is 9.80 Å². The van der Waals surface area contributed by atoms with E-state index in [1.165, 1.54) is 23.7 Å². The number of amides is 1. The molecule has 5 heterocycles. The second kappa shape index (κ2) is 16.4. The molecule has 1 aliphatic heterocycles. The second-order valence-electron chi connectivity index (χ2n) is 11.1. The standard InChI is InChI=1S/C33H39ClN4O5S3/c1-38(12-15-42-33(39)35-11-14-41-17-16-40-13-7-3-2-6-10-34)29-20-28-31(46-29)30-27(45-28)19-22(44-30)18-23(25-21-36-25)32-37-24-8-4-5-9-26(24)43-32/h4-5,8-9,18-20,25,36H,2-3,6-7,10-17,21H2,1H3,(H,35,39)/b23-18+. The third-order valence-corrected chi connectivity index (χ3v) is 11.7. The number of benzene rings is 1. The second-order valence-corrected chi connectivity index (χ2v) is 14.7. The first-order valence-corrected chi connectivity index (χ1v) is 18.7. The van der Waals surface area contributed by atoms with Gasteiger partial charge in [-0.1, -0.05) is 25.0 Å². The fraction of sp³-hybridized carbons (Fsp3) is 0.455. The molecule has 0 saturated carbocycles. The molecule has 6 rings (SSSR count). The fourth-order valence-corrected chi connectivity index (χ4v) is 9.13. The highest BCUT2D eigenvalue weighted by Gasteiger charge is 2.29. The highest BCUT2D eigenvalue weighted by molar-refractivity contribution is 7.39. The molecule has 0 spiro atoms. The van der Waals surface area contributed by atoms with Gasteiger partial charge < -0.3 is 34.2 Å². The Morgan fingerprint density at radius 1 is 1.04 bits per heavy atom. The lowest BCUT2D eigenvalue weighted by Crippen LogP contribution is -2.31. The summed E-state index contributed by atoms with van der Waals surface area (Å²) in [5, 5.41) is 7.30. The van der Waals surface area contributed by atoms with E-state index >= 15 is 0 Å². The van der Waals surface area contributed by atoms with Crippen molar-refractivity contribution in [3.8, 4) is 0 Å². The first kappa shape index (κ1) is 33.2. The summed E-state index contributed by atoms with van der Waals surface area (Å²) in [7, 11) is 2.03. The van der Waals surface area contributed by atoms with E-state index in [2.05, 4.69) is 33.7 Å². The molecule has 1 amide bonds. The van der Waals surface area contributed by atoms with Gasteiger partial charge in [0.05, 0.1) is 46.8 Å². The number of nitrogens with one attached hydrogen (secondary N) is 2. The van der Waals surface area contributed by atoms with Crippen LogP contribution in [0.15, 0.2) is 40.8 Å². The van der Waals surface area contributed by atoms with Crippen LogP contribution in [0.2, 0.25) is 0 Å². The molecule has 1 saturated heterocycles. The number of nitrogens with zero attached hydrogens (tertiary/aromatic N) is 2. The van der Waals surface area contributed by atoms with E-state index in [0.29, 0.717) is 45.4 Å². The summed E-state index contributed by atoms with van der Waals surface area (Å²) in [6.45, 7) is 4.46. The van der Waals surface area contributed by atoms with Gasteiger partial charge in [0.15, 0.2) is 5.58 Å². The third kappa shape index (κ3) is 8.80. The molecule has 0 aliphatic carbocycles. The largest absolute Gasteiger partial charge is 0.448 e. The number of carbonyl (C=O) groups excluding carboxylic acids is 1. The van der Waals surface area contributed by atoms with E-state index in [1.54, 1.807) is 22.7 Å². The number of ether oxygens (including phenoxy) is 3. The normalized spacial score (nSPS) is 14.9. The average molecular weight is 703 g/mol. The molecule has 46 heavy (non-hydrogen) atoms. The van der Waals surface area contributed by atoms with Gasteiger partial charge >= 0.3 is 6.09 Å². The lowest BCUT2D eigenvalue weighted by atomic mass is 10.1. The van der Waals surface area contributed by atoms with Crippen molar-refractivity contribution < 1.29 is 23.4 Å². The summed E-state index contributed by atoms with van der Waals surface area (Å²) in [4.78, 5) is 20.2.